The predicted octanol–water partition coefficient (Wildman–Crippen LogP) is 2.51. The third-order valence-electron chi connectivity index (χ3n) is 2.85. The molecular weight excluding hydrogens is 218 g/mol. The van der Waals surface area contributed by atoms with Crippen molar-refractivity contribution in [1.82, 2.24) is 4.31 Å². The quantitative estimate of drug-likeness (QED) is 0.735. The minimum Gasteiger partial charge on any atom is -0.242 e. The van der Waals surface area contributed by atoms with E-state index in [-0.39, 0.29) is 4.75 Å². The lowest BCUT2D eigenvalue weighted by molar-refractivity contribution is 0.410. The first kappa shape index (κ1) is 11.8. The molecule has 2 rings (SSSR count). The normalized spacial score (nSPS) is 19.2. The van der Waals surface area contributed by atoms with Crippen molar-refractivity contribution in [2.75, 3.05) is 6.54 Å². The molecule has 0 fully saturated rings. The molecular formula is C13H19NOS. The fourth-order valence-electron chi connectivity index (χ4n) is 2.00. The van der Waals surface area contributed by atoms with Gasteiger partial charge in [0.15, 0.2) is 0 Å². The summed E-state index contributed by atoms with van der Waals surface area (Å²) < 4.78 is 14.2. The largest absolute Gasteiger partial charge is 0.242 e. The lowest BCUT2D eigenvalue weighted by atomic mass is 10.0. The topological polar surface area (TPSA) is 20.3 Å². The Labute approximate surface area is 100 Å². The van der Waals surface area contributed by atoms with Gasteiger partial charge in [0.05, 0.1) is 4.75 Å². The highest BCUT2D eigenvalue weighted by Gasteiger charge is 2.28. The van der Waals surface area contributed by atoms with Gasteiger partial charge in [-0.3, -0.25) is 0 Å². The molecule has 1 unspecified atom stereocenters. The van der Waals surface area contributed by atoms with Crippen LogP contribution in [0.4, 0.5) is 0 Å². The monoisotopic (exact) mass is 237 g/mol. The molecule has 0 amide bonds. The summed E-state index contributed by atoms with van der Waals surface area (Å²) in [5, 5.41) is 0. The van der Waals surface area contributed by atoms with Gasteiger partial charge < -0.3 is 0 Å². The number of hydrogen-bond acceptors (Lipinski definition) is 1. The Kier molecular flexibility index (Phi) is 3.17. The van der Waals surface area contributed by atoms with E-state index in [1.807, 2.05) is 20.8 Å². The van der Waals surface area contributed by atoms with Gasteiger partial charge in [-0.25, -0.2) is 8.51 Å². The Hall–Kier alpha value is -0.670. The molecule has 0 spiro atoms. The highest BCUT2D eigenvalue weighted by atomic mass is 32.2. The predicted molar refractivity (Wildman–Crippen MR) is 68.5 cm³/mol. The van der Waals surface area contributed by atoms with Crippen LogP contribution in [-0.2, 0) is 24.0 Å². The summed E-state index contributed by atoms with van der Waals surface area (Å²) in [6, 6.07) is 8.45. The Morgan fingerprint density at radius 1 is 1.19 bits per heavy atom. The molecule has 1 aliphatic rings. The van der Waals surface area contributed by atoms with E-state index in [4.69, 9.17) is 0 Å². The van der Waals surface area contributed by atoms with Gasteiger partial charge in [-0.15, -0.1) is 0 Å². The van der Waals surface area contributed by atoms with Crippen LogP contribution >= 0.6 is 0 Å². The van der Waals surface area contributed by atoms with Crippen LogP contribution in [0.3, 0.4) is 0 Å². The Bertz CT molecular complexity index is 409. The van der Waals surface area contributed by atoms with E-state index in [9.17, 15) is 4.21 Å². The Morgan fingerprint density at radius 2 is 1.81 bits per heavy atom. The van der Waals surface area contributed by atoms with Gasteiger partial charge in [-0.1, -0.05) is 24.3 Å². The fourth-order valence-corrected chi connectivity index (χ4v) is 3.29. The van der Waals surface area contributed by atoms with Crippen molar-refractivity contribution in [2.45, 2.75) is 38.5 Å². The van der Waals surface area contributed by atoms with Crippen molar-refractivity contribution in [3.63, 3.8) is 0 Å². The minimum atomic E-state index is -0.898. The summed E-state index contributed by atoms with van der Waals surface area (Å²) in [5.74, 6) is 0. The molecule has 1 aliphatic heterocycles. The van der Waals surface area contributed by atoms with E-state index >= 15 is 0 Å². The smallest absolute Gasteiger partial charge is 0.100 e. The van der Waals surface area contributed by atoms with Crippen LogP contribution in [0.25, 0.3) is 0 Å². The Morgan fingerprint density at radius 3 is 2.44 bits per heavy atom. The van der Waals surface area contributed by atoms with Crippen molar-refractivity contribution in [2.24, 2.45) is 0 Å². The van der Waals surface area contributed by atoms with Gasteiger partial charge in [0.2, 0.25) is 0 Å². The van der Waals surface area contributed by atoms with Gasteiger partial charge in [-0.05, 0) is 38.3 Å². The van der Waals surface area contributed by atoms with E-state index < -0.39 is 11.0 Å². The molecule has 88 valence electrons. The summed E-state index contributed by atoms with van der Waals surface area (Å²) >= 11 is 0. The van der Waals surface area contributed by atoms with Gasteiger partial charge in [-0.2, -0.15) is 0 Å². The molecule has 16 heavy (non-hydrogen) atoms. The molecule has 1 aromatic carbocycles. The average molecular weight is 237 g/mol. The van der Waals surface area contributed by atoms with E-state index in [0.29, 0.717) is 0 Å². The first-order valence-corrected chi connectivity index (χ1v) is 6.83. The number of fused-ring (bicyclic) bond motifs is 1. The second kappa shape index (κ2) is 4.30. The molecule has 0 saturated heterocycles. The molecule has 2 nitrogen and oxygen atoms in total. The zero-order valence-corrected chi connectivity index (χ0v) is 11.0. The van der Waals surface area contributed by atoms with Crippen LogP contribution in [0.2, 0.25) is 0 Å². The fraction of sp³-hybridized carbons (Fsp3) is 0.538. The van der Waals surface area contributed by atoms with Crippen LogP contribution in [0.15, 0.2) is 24.3 Å². The summed E-state index contributed by atoms with van der Waals surface area (Å²) in [6.07, 6.45) is 1.01. The van der Waals surface area contributed by atoms with Crippen molar-refractivity contribution >= 4 is 11.0 Å². The first-order valence-electron chi connectivity index (χ1n) is 5.72. The zero-order chi connectivity index (χ0) is 11.8. The summed E-state index contributed by atoms with van der Waals surface area (Å²) in [5.41, 5.74) is 2.73. The number of rotatable bonds is 1. The van der Waals surface area contributed by atoms with Gasteiger partial charge in [0.25, 0.3) is 0 Å². The summed E-state index contributed by atoms with van der Waals surface area (Å²) in [7, 11) is -0.898. The standard InChI is InChI=1S/C13H19NOS/c1-13(2,3)16(15)14-9-8-11-6-4-5-7-12(11)10-14/h4-7H,8-10H2,1-3H3. The van der Waals surface area contributed by atoms with Crippen LogP contribution in [0.5, 0.6) is 0 Å². The average Bonchev–Trinajstić information content (AvgIpc) is 2.26. The molecule has 0 bridgehead atoms. The molecule has 1 atom stereocenters. The van der Waals surface area contributed by atoms with Crippen LogP contribution < -0.4 is 0 Å². The third-order valence-corrected chi connectivity index (χ3v) is 4.68. The molecule has 0 radical (unpaired) electrons. The van der Waals surface area contributed by atoms with Gasteiger partial charge in [0, 0.05) is 13.1 Å². The van der Waals surface area contributed by atoms with Crippen molar-refractivity contribution in [3.05, 3.63) is 35.4 Å². The molecule has 3 heteroatoms. The number of nitrogens with zero attached hydrogens (tertiary/aromatic N) is 1. The maximum atomic E-state index is 12.3. The van der Waals surface area contributed by atoms with E-state index in [1.165, 1.54) is 11.1 Å². The first-order chi connectivity index (χ1) is 7.48. The highest BCUT2D eigenvalue weighted by molar-refractivity contribution is 7.84. The molecule has 1 aromatic rings. The molecule has 0 saturated carbocycles. The molecule has 0 aliphatic carbocycles. The van der Waals surface area contributed by atoms with Crippen LogP contribution in [0.1, 0.15) is 31.9 Å². The van der Waals surface area contributed by atoms with Gasteiger partial charge >= 0.3 is 0 Å². The maximum absolute atomic E-state index is 12.3. The lowest BCUT2D eigenvalue weighted by Crippen LogP contribution is -2.40. The van der Waals surface area contributed by atoms with Crippen molar-refractivity contribution in [1.29, 1.82) is 0 Å². The summed E-state index contributed by atoms with van der Waals surface area (Å²) in [6.45, 7) is 7.82. The lowest BCUT2D eigenvalue weighted by Gasteiger charge is -2.32. The second-order valence-corrected chi connectivity index (χ2v) is 7.48. The van der Waals surface area contributed by atoms with E-state index in [1.54, 1.807) is 0 Å². The molecule has 1 heterocycles. The van der Waals surface area contributed by atoms with Crippen molar-refractivity contribution < 1.29 is 4.21 Å². The van der Waals surface area contributed by atoms with Crippen LogP contribution in [-0.4, -0.2) is 19.8 Å². The zero-order valence-electron chi connectivity index (χ0n) is 10.2. The number of benzene rings is 1. The van der Waals surface area contributed by atoms with Crippen LogP contribution in [0, 0.1) is 0 Å². The summed E-state index contributed by atoms with van der Waals surface area (Å²) in [4.78, 5) is 0. The SMILES string of the molecule is CC(C)(C)S(=O)N1CCc2ccccc2C1. The van der Waals surface area contributed by atoms with Crippen molar-refractivity contribution in [3.8, 4) is 0 Å². The highest BCUT2D eigenvalue weighted by Crippen LogP contribution is 2.24. The Balaban J connectivity index is 2.17. The van der Waals surface area contributed by atoms with E-state index in [2.05, 4.69) is 28.6 Å². The second-order valence-electron chi connectivity index (χ2n) is 5.24. The number of hydrogen-bond donors (Lipinski definition) is 0. The van der Waals surface area contributed by atoms with E-state index in [0.717, 1.165) is 19.5 Å². The minimum absolute atomic E-state index is 0.160. The third kappa shape index (κ3) is 2.36. The van der Waals surface area contributed by atoms with Gasteiger partial charge in [0.1, 0.15) is 11.0 Å². The molecule has 0 N–H and O–H groups in total. The molecule has 0 aromatic heterocycles. The maximum Gasteiger partial charge on any atom is 0.100 e.